The lowest BCUT2D eigenvalue weighted by atomic mass is 9.96. The molecule has 32 heavy (non-hydrogen) atoms. The Bertz CT molecular complexity index is 1020. The maximum Gasteiger partial charge on any atom is 0.510 e. The standard InChI is InChI=1S/C19H22N2O10S/c1-19(2)13(16(23)30-10-31-18(25)28-3)21-14(22)12(15(21)32(19,26)27)20-17(24)29-9-11-7-5-4-6-8-11/h4-8,12-13,15H,9-10H2,1-3H3,(H,20,24)/t12-,13+,15-/m1/s1. The number of sulfone groups is 1. The van der Waals surface area contributed by atoms with Crippen LogP contribution in [-0.4, -0.2) is 73.6 Å². The van der Waals surface area contributed by atoms with E-state index in [1.165, 1.54) is 13.8 Å². The second-order valence-corrected chi connectivity index (χ2v) is 10.2. The molecule has 2 fully saturated rings. The lowest BCUT2D eigenvalue weighted by Gasteiger charge is -2.42. The molecule has 0 aliphatic carbocycles. The molecular formula is C19H22N2O10S. The molecule has 0 saturated carbocycles. The van der Waals surface area contributed by atoms with E-state index in [0.29, 0.717) is 5.56 Å². The second-order valence-electron chi connectivity index (χ2n) is 7.55. The van der Waals surface area contributed by atoms with Crippen LogP contribution in [0.1, 0.15) is 19.4 Å². The van der Waals surface area contributed by atoms with Crippen LogP contribution in [0, 0.1) is 0 Å². The van der Waals surface area contributed by atoms with E-state index in [9.17, 15) is 27.6 Å². The lowest BCUT2D eigenvalue weighted by molar-refractivity contribution is -0.169. The first-order valence-corrected chi connectivity index (χ1v) is 11.0. The van der Waals surface area contributed by atoms with Gasteiger partial charge in [-0.1, -0.05) is 30.3 Å². The number of hydrogen-bond acceptors (Lipinski definition) is 10. The number of methoxy groups -OCH3 is 1. The number of ether oxygens (including phenoxy) is 4. The van der Waals surface area contributed by atoms with E-state index in [1.54, 1.807) is 30.3 Å². The summed E-state index contributed by atoms with van der Waals surface area (Å²) in [4.78, 5) is 49.1. The molecule has 2 amide bonds. The van der Waals surface area contributed by atoms with E-state index in [4.69, 9.17) is 9.47 Å². The Labute approximate surface area is 183 Å². The van der Waals surface area contributed by atoms with Crippen LogP contribution in [0.25, 0.3) is 0 Å². The van der Waals surface area contributed by atoms with Crippen molar-refractivity contribution in [2.45, 2.75) is 42.7 Å². The molecule has 2 heterocycles. The van der Waals surface area contributed by atoms with Gasteiger partial charge in [0.1, 0.15) is 23.4 Å². The van der Waals surface area contributed by atoms with Crippen LogP contribution >= 0.6 is 0 Å². The van der Waals surface area contributed by atoms with E-state index >= 15 is 0 Å². The SMILES string of the molecule is COC(=O)OCOC(=O)[C@@H]1N2C(=O)[C@@H](NC(=O)OCc3ccccc3)[C@H]2S(=O)(=O)C1(C)C. The van der Waals surface area contributed by atoms with Crippen LogP contribution in [0.5, 0.6) is 0 Å². The molecule has 0 radical (unpaired) electrons. The third-order valence-electron chi connectivity index (χ3n) is 5.32. The number of benzene rings is 1. The van der Waals surface area contributed by atoms with Gasteiger partial charge >= 0.3 is 18.2 Å². The first-order chi connectivity index (χ1) is 15.0. The van der Waals surface area contributed by atoms with Gasteiger partial charge in [-0.05, 0) is 19.4 Å². The van der Waals surface area contributed by atoms with Crippen molar-refractivity contribution in [3.05, 3.63) is 35.9 Å². The fraction of sp³-hybridized carbons (Fsp3) is 0.474. The number of rotatable bonds is 6. The second kappa shape index (κ2) is 8.65. The van der Waals surface area contributed by atoms with Crippen LogP contribution in [0.4, 0.5) is 9.59 Å². The van der Waals surface area contributed by atoms with Gasteiger partial charge in [-0.2, -0.15) is 0 Å². The summed E-state index contributed by atoms with van der Waals surface area (Å²) >= 11 is 0. The Hall–Kier alpha value is -3.35. The topological polar surface area (TPSA) is 155 Å². The van der Waals surface area contributed by atoms with Crippen LogP contribution in [0.15, 0.2) is 30.3 Å². The molecule has 174 valence electrons. The highest BCUT2D eigenvalue weighted by molar-refractivity contribution is 7.94. The molecule has 12 nitrogen and oxygen atoms in total. The van der Waals surface area contributed by atoms with Crippen molar-refractivity contribution < 1.29 is 46.5 Å². The molecule has 2 aliphatic rings. The first-order valence-electron chi connectivity index (χ1n) is 9.42. The Kier molecular flexibility index (Phi) is 6.30. The average molecular weight is 470 g/mol. The number of nitrogens with zero attached hydrogens (tertiary/aromatic N) is 1. The number of alkyl carbamates (subject to hydrolysis) is 1. The molecule has 1 N–H and O–H groups in total. The van der Waals surface area contributed by atoms with E-state index in [2.05, 4.69) is 14.8 Å². The molecular weight excluding hydrogens is 448 g/mol. The first kappa shape index (κ1) is 23.3. The number of fused-ring (bicyclic) bond motifs is 1. The molecule has 0 aromatic heterocycles. The summed E-state index contributed by atoms with van der Waals surface area (Å²) in [5, 5.41) is 0.792. The van der Waals surface area contributed by atoms with Gasteiger partial charge in [0.05, 0.1) is 7.11 Å². The zero-order valence-electron chi connectivity index (χ0n) is 17.5. The third kappa shape index (κ3) is 3.95. The van der Waals surface area contributed by atoms with E-state index < -0.39 is 63.0 Å². The summed E-state index contributed by atoms with van der Waals surface area (Å²) in [6, 6.07) is 5.86. The van der Waals surface area contributed by atoms with Gasteiger partial charge < -0.3 is 29.2 Å². The Balaban J connectivity index is 1.68. The highest BCUT2D eigenvalue weighted by Crippen LogP contribution is 2.46. The Morgan fingerprint density at radius 2 is 1.75 bits per heavy atom. The zero-order valence-corrected chi connectivity index (χ0v) is 18.3. The summed E-state index contributed by atoms with van der Waals surface area (Å²) in [5.41, 5.74) is 0.704. The van der Waals surface area contributed by atoms with Gasteiger partial charge in [0.2, 0.25) is 12.7 Å². The van der Waals surface area contributed by atoms with Crippen molar-refractivity contribution in [1.82, 2.24) is 10.2 Å². The van der Waals surface area contributed by atoms with Gasteiger partial charge in [0, 0.05) is 0 Å². The number of carbonyl (C=O) groups excluding carboxylic acids is 4. The molecule has 13 heteroatoms. The molecule has 1 aromatic carbocycles. The van der Waals surface area contributed by atoms with E-state index in [1.807, 2.05) is 0 Å². The minimum absolute atomic E-state index is 0.0741. The zero-order chi connectivity index (χ0) is 23.7. The van der Waals surface area contributed by atoms with Crippen LogP contribution in [0.3, 0.4) is 0 Å². The number of carbonyl (C=O) groups is 4. The monoisotopic (exact) mass is 470 g/mol. The average Bonchev–Trinajstić information content (AvgIpc) is 2.90. The number of β-lactam (4-membered cyclic amide) rings is 1. The van der Waals surface area contributed by atoms with Crippen molar-refractivity contribution in [1.29, 1.82) is 0 Å². The summed E-state index contributed by atoms with van der Waals surface area (Å²) in [5.74, 6) is -1.86. The van der Waals surface area contributed by atoms with Gasteiger partial charge in [-0.15, -0.1) is 0 Å². The normalized spacial score (nSPS) is 24.5. The molecule has 0 spiro atoms. The third-order valence-corrected chi connectivity index (χ3v) is 8.15. The summed E-state index contributed by atoms with van der Waals surface area (Å²) in [6.45, 7) is 1.64. The Morgan fingerprint density at radius 3 is 2.38 bits per heavy atom. The maximum absolute atomic E-state index is 13.0. The molecule has 2 saturated heterocycles. The van der Waals surface area contributed by atoms with E-state index in [-0.39, 0.29) is 6.61 Å². The number of esters is 1. The maximum atomic E-state index is 13.0. The van der Waals surface area contributed by atoms with Gasteiger partial charge in [0.15, 0.2) is 15.2 Å². The Morgan fingerprint density at radius 1 is 1.09 bits per heavy atom. The van der Waals surface area contributed by atoms with Crippen molar-refractivity contribution in [3.8, 4) is 0 Å². The lowest BCUT2D eigenvalue weighted by Crippen LogP contribution is -2.72. The smallest absolute Gasteiger partial charge is 0.445 e. The summed E-state index contributed by atoms with van der Waals surface area (Å²) in [7, 11) is -3.05. The highest BCUT2D eigenvalue weighted by atomic mass is 32.2. The number of hydrogen-bond donors (Lipinski definition) is 1. The summed E-state index contributed by atoms with van der Waals surface area (Å²) < 4.78 is 42.9. The van der Waals surface area contributed by atoms with Crippen molar-refractivity contribution >= 4 is 34.0 Å². The largest absolute Gasteiger partial charge is 0.510 e. The van der Waals surface area contributed by atoms with Crippen LogP contribution < -0.4 is 5.32 Å². The van der Waals surface area contributed by atoms with Crippen LogP contribution in [-0.2, 0) is 45.0 Å². The quantitative estimate of drug-likeness (QED) is 0.266. The van der Waals surface area contributed by atoms with E-state index in [0.717, 1.165) is 12.0 Å². The molecule has 0 bridgehead atoms. The molecule has 0 unspecified atom stereocenters. The number of amides is 2. The summed E-state index contributed by atoms with van der Waals surface area (Å²) in [6.07, 6.45) is -2.08. The fourth-order valence-electron chi connectivity index (χ4n) is 3.59. The molecule has 3 atom stereocenters. The predicted molar refractivity (Wildman–Crippen MR) is 105 cm³/mol. The molecule has 3 rings (SSSR count). The minimum atomic E-state index is -4.10. The highest BCUT2D eigenvalue weighted by Gasteiger charge is 2.72. The van der Waals surface area contributed by atoms with Crippen molar-refractivity contribution in [3.63, 3.8) is 0 Å². The van der Waals surface area contributed by atoms with Crippen molar-refractivity contribution in [2.75, 3.05) is 13.9 Å². The fourth-order valence-corrected chi connectivity index (χ4v) is 5.80. The minimum Gasteiger partial charge on any atom is -0.445 e. The van der Waals surface area contributed by atoms with Gasteiger partial charge in [-0.3, -0.25) is 4.79 Å². The predicted octanol–water partition coefficient (Wildman–Crippen LogP) is 0.309. The van der Waals surface area contributed by atoms with Gasteiger partial charge in [0.25, 0.3) is 0 Å². The molecule has 2 aliphatic heterocycles. The number of nitrogens with one attached hydrogen (secondary N) is 1. The van der Waals surface area contributed by atoms with Crippen molar-refractivity contribution in [2.24, 2.45) is 0 Å². The van der Waals surface area contributed by atoms with Gasteiger partial charge in [-0.25, -0.2) is 22.8 Å². The van der Waals surface area contributed by atoms with Crippen LogP contribution in [0.2, 0.25) is 0 Å². The molecule has 1 aromatic rings.